The maximum absolute atomic E-state index is 12.1. The zero-order chi connectivity index (χ0) is 14.5. The minimum absolute atomic E-state index is 0.143. The first-order valence-corrected chi connectivity index (χ1v) is 7.00. The molecule has 0 bridgehead atoms. The summed E-state index contributed by atoms with van der Waals surface area (Å²) in [6.07, 6.45) is 1.60. The molecular weight excluding hydrogens is 318 g/mol. The van der Waals surface area contributed by atoms with Gasteiger partial charge in [-0.15, -0.1) is 0 Å². The van der Waals surface area contributed by atoms with Gasteiger partial charge in [0.25, 0.3) is 5.91 Å². The van der Waals surface area contributed by atoms with E-state index < -0.39 is 0 Å². The number of benzene rings is 1. The molecule has 0 radical (unpaired) electrons. The number of halogens is 1. The van der Waals surface area contributed by atoms with Crippen LogP contribution in [0.1, 0.15) is 15.9 Å². The molecule has 0 unspecified atom stereocenters. The Morgan fingerprint density at radius 2 is 2.10 bits per heavy atom. The number of aromatic nitrogens is 1. The monoisotopic (exact) mass is 333 g/mol. The Bertz CT molecular complexity index is 614. The highest BCUT2D eigenvalue weighted by molar-refractivity contribution is 9.10. The van der Waals surface area contributed by atoms with E-state index in [1.54, 1.807) is 18.3 Å². The van der Waals surface area contributed by atoms with E-state index in [1.165, 1.54) is 0 Å². The maximum atomic E-state index is 12.1. The third-order valence-electron chi connectivity index (χ3n) is 2.67. The van der Waals surface area contributed by atoms with Crippen molar-refractivity contribution in [3.05, 3.63) is 58.3 Å². The predicted molar refractivity (Wildman–Crippen MR) is 83.7 cm³/mol. The minimum Gasteiger partial charge on any atom is -0.322 e. The molecule has 0 fully saturated rings. The molecule has 4 nitrogen and oxygen atoms in total. The summed E-state index contributed by atoms with van der Waals surface area (Å²) >= 11 is 3.26. The number of rotatable bonds is 4. The van der Waals surface area contributed by atoms with Crippen molar-refractivity contribution in [3.8, 4) is 0 Å². The first-order valence-electron chi connectivity index (χ1n) is 6.21. The van der Waals surface area contributed by atoms with Crippen LogP contribution in [0.3, 0.4) is 0 Å². The van der Waals surface area contributed by atoms with Gasteiger partial charge in [-0.2, -0.15) is 0 Å². The Balaban J connectivity index is 2.11. The van der Waals surface area contributed by atoms with Crippen LogP contribution in [0, 0.1) is 0 Å². The molecule has 5 heteroatoms. The molecule has 0 saturated heterocycles. The molecule has 104 valence electrons. The Kier molecular flexibility index (Phi) is 4.87. The van der Waals surface area contributed by atoms with E-state index in [0.29, 0.717) is 10.2 Å². The van der Waals surface area contributed by atoms with Gasteiger partial charge in [0.05, 0.1) is 0 Å². The second-order valence-electron chi connectivity index (χ2n) is 4.76. The van der Waals surface area contributed by atoms with Crippen molar-refractivity contribution in [2.75, 3.05) is 19.4 Å². The quantitative estimate of drug-likeness (QED) is 0.874. The van der Waals surface area contributed by atoms with Gasteiger partial charge >= 0.3 is 0 Å². The van der Waals surface area contributed by atoms with Gasteiger partial charge < -0.3 is 10.2 Å². The molecular formula is C15H16BrN3O. The van der Waals surface area contributed by atoms with Crippen LogP contribution in [0.25, 0.3) is 0 Å². The Hall–Kier alpha value is -1.72. The normalized spacial score (nSPS) is 10.6. The molecule has 0 spiro atoms. The SMILES string of the molecule is CN(C)Cc1cccc(NC(=O)c2ccnc(Br)c2)c1. The first-order chi connectivity index (χ1) is 9.54. The number of hydrogen-bond acceptors (Lipinski definition) is 3. The standard InChI is InChI=1S/C15H16BrN3O/c1-19(2)10-11-4-3-5-13(8-11)18-15(20)12-6-7-17-14(16)9-12/h3-9H,10H2,1-2H3,(H,18,20). The number of carbonyl (C=O) groups excluding carboxylic acids is 1. The van der Waals surface area contributed by atoms with Crippen LogP contribution < -0.4 is 5.32 Å². The topological polar surface area (TPSA) is 45.2 Å². The smallest absolute Gasteiger partial charge is 0.255 e. The van der Waals surface area contributed by atoms with Gasteiger partial charge in [0.2, 0.25) is 0 Å². The zero-order valence-electron chi connectivity index (χ0n) is 11.4. The molecule has 0 aliphatic heterocycles. The van der Waals surface area contributed by atoms with Crippen LogP contribution >= 0.6 is 15.9 Å². The number of nitrogens with one attached hydrogen (secondary N) is 1. The molecule has 1 amide bonds. The van der Waals surface area contributed by atoms with Crippen molar-refractivity contribution in [2.24, 2.45) is 0 Å². The molecule has 1 heterocycles. The predicted octanol–water partition coefficient (Wildman–Crippen LogP) is 3.16. The highest BCUT2D eigenvalue weighted by atomic mass is 79.9. The molecule has 0 aliphatic rings. The largest absolute Gasteiger partial charge is 0.322 e. The lowest BCUT2D eigenvalue weighted by atomic mass is 10.2. The van der Waals surface area contributed by atoms with Crippen molar-refractivity contribution >= 4 is 27.5 Å². The van der Waals surface area contributed by atoms with Gasteiger partial charge in [0.15, 0.2) is 0 Å². The fraction of sp³-hybridized carbons (Fsp3) is 0.200. The van der Waals surface area contributed by atoms with Crippen LogP contribution in [0.5, 0.6) is 0 Å². The average Bonchev–Trinajstić information content (AvgIpc) is 2.38. The van der Waals surface area contributed by atoms with Gasteiger partial charge in [0, 0.05) is 24.0 Å². The maximum Gasteiger partial charge on any atom is 0.255 e. The van der Waals surface area contributed by atoms with E-state index in [0.717, 1.165) is 17.8 Å². The molecule has 1 aromatic heterocycles. The molecule has 0 saturated carbocycles. The van der Waals surface area contributed by atoms with Gasteiger partial charge in [0.1, 0.15) is 4.60 Å². The average molecular weight is 334 g/mol. The van der Waals surface area contributed by atoms with Crippen molar-refractivity contribution in [1.29, 1.82) is 0 Å². The highest BCUT2D eigenvalue weighted by Crippen LogP contribution is 2.14. The van der Waals surface area contributed by atoms with Crippen LogP contribution in [0.4, 0.5) is 5.69 Å². The summed E-state index contributed by atoms with van der Waals surface area (Å²) in [5, 5.41) is 2.89. The van der Waals surface area contributed by atoms with E-state index in [9.17, 15) is 4.79 Å². The summed E-state index contributed by atoms with van der Waals surface area (Å²) in [5.74, 6) is -0.143. The summed E-state index contributed by atoms with van der Waals surface area (Å²) in [6, 6.07) is 11.2. The number of hydrogen-bond donors (Lipinski definition) is 1. The summed E-state index contributed by atoms with van der Waals surface area (Å²) in [5.41, 5.74) is 2.52. The van der Waals surface area contributed by atoms with E-state index in [1.807, 2.05) is 38.4 Å². The van der Waals surface area contributed by atoms with Crippen LogP contribution in [0.2, 0.25) is 0 Å². The second kappa shape index (κ2) is 6.63. The van der Waals surface area contributed by atoms with Crippen molar-refractivity contribution in [1.82, 2.24) is 9.88 Å². The zero-order valence-corrected chi connectivity index (χ0v) is 13.0. The molecule has 0 aliphatic carbocycles. The number of pyridine rings is 1. The highest BCUT2D eigenvalue weighted by Gasteiger charge is 2.07. The van der Waals surface area contributed by atoms with E-state index >= 15 is 0 Å². The van der Waals surface area contributed by atoms with Crippen molar-refractivity contribution < 1.29 is 4.79 Å². The second-order valence-corrected chi connectivity index (χ2v) is 5.57. The lowest BCUT2D eigenvalue weighted by molar-refractivity contribution is 0.102. The fourth-order valence-corrected chi connectivity index (χ4v) is 2.22. The number of nitrogens with zero attached hydrogens (tertiary/aromatic N) is 2. The Labute approximate surface area is 127 Å². The summed E-state index contributed by atoms with van der Waals surface area (Å²) in [6.45, 7) is 0.838. The number of anilines is 1. The molecule has 0 atom stereocenters. The van der Waals surface area contributed by atoms with Gasteiger partial charge in [-0.1, -0.05) is 12.1 Å². The summed E-state index contributed by atoms with van der Waals surface area (Å²) < 4.78 is 0.645. The third kappa shape index (κ3) is 4.15. The lowest BCUT2D eigenvalue weighted by Crippen LogP contribution is -2.13. The van der Waals surface area contributed by atoms with Crippen LogP contribution in [-0.2, 0) is 6.54 Å². The van der Waals surface area contributed by atoms with E-state index in [2.05, 4.69) is 31.1 Å². The number of amides is 1. The molecule has 1 aromatic carbocycles. The van der Waals surface area contributed by atoms with Crippen molar-refractivity contribution in [2.45, 2.75) is 6.54 Å². The third-order valence-corrected chi connectivity index (χ3v) is 3.11. The molecule has 2 rings (SSSR count). The summed E-state index contributed by atoms with van der Waals surface area (Å²) in [7, 11) is 4.03. The van der Waals surface area contributed by atoms with Gasteiger partial charge in [-0.05, 0) is 59.9 Å². The minimum atomic E-state index is -0.143. The molecule has 2 aromatic rings. The van der Waals surface area contributed by atoms with Crippen molar-refractivity contribution in [3.63, 3.8) is 0 Å². The Morgan fingerprint density at radius 3 is 2.80 bits per heavy atom. The van der Waals surface area contributed by atoms with Crippen LogP contribution in [0.15, 0.2) is 47.2 Å². The molecule has 20 heavy (non-hydrogen) atoms. The fourth-order valence-electron chi connectivity index (χ4n) is 1.86. The molecule has 1 N–H and O–H groups in total. The summed E-state index contributed by atoms with van der Waals surface area (Å²) in [4.78, 5) is 18.2. The van der Waals surface area contributed by atoms with E-state index in [4.69, 9.17) is 0 Å². The van der Waals surface area contributed by atoms with Gasteiger partial charge in [-0.25, -0.2) is 4.98 Å². The number of carbonyl (C=O) groups is 1. The van der Waals surface area contributed by atoms with E-state index in [-0.39, 0.29) is 5.91 Å². The lowest BCUT2D eigenvalue weighted by Gasteiger charge is -2.11. The first kappa shape index (κ1) is 14.7. The Morgan fingerprint density at radius 1 is 1.30 bits per heavy atom. The van der Waals surface area contributed by atoms with Crippen LogP contribution in [-0.4, -0.2) is 29.9 Å². The van der Waals surface area contributed by atoms with Gasteiger partial charge in [-0.3, -0.25) is 4.79 Å².